The molecule has 2 rings (SSSR count). The van der Waals surface area contributed by atoms with E-state index in [-0.39, 0.29) is 5.91 Å². The lowest BCUT2D eigenvalue weighted by Crippen LogP contribution is -2.15. The van der Waals surface area contributed by atoms with Crippen molar-refractivity contribution in [3.8, 4) is 0 Å². The highest BCUT2D eigenvalue weighted by Gasteiger charge is 2.07. The van der Waals surface area contributed by atoms with Crippen LogP contribution in [0.2, 0.25) is 5.02 Å². The maximum Gasteiger partial charge on any atom is 0.234 e. The van der Waals surface area contributed by atoms with E-state index in [0.29, 0.717) is 22.2 Å². The van der Waals surface area contributed by atoms with Crippen molar-refractivity contribution in [1.82, 2.24) is 0 Å². The average molecular weight is 307 g/mol. The molecule has 1 amide bonds. The Balaban J connectivity index is 1.94. The van der Waals surface area contributed by atoms with E-state index in [1.165, 1.54) is 17.3 Å². The molecule has 3 nitrogen and oxygen atoms in total. The molecule has 5 heteroatoms. The van der Waals surface area contributed by atoms with E-state index in [9.17, 15) is 4.79 Å². The number of nitrogens with two attached hydrogens (primary N) is 1. The highest BCUT2D eigenvalue weighted by atomic mass is 35.5. The van der Waals surface area contributed by atoms with Gasteiger partial charge in [0.05, 0.1) is 17.1 Å². The topological polar surface area (TPSA) is 55.1 Å². The van der Waals surface area contributed by atoms with Crippen LogP contribution in [0.25, 0.3) is 0 Å². The molecule has 0 fully saturated rings. The monoisotopic (exact) mass is 306 g/mol. The molecule has 0 radical (unpaired) electrons. The zero-order valence-electron chi connectivity index (χ0n) is 11.0. The molecule has 20 heavy (non-hydrogen) atoms. The van der Waals surface area contributed by atoms with E-state index in [0.717, 1.165) is 4.90 Å². The van der Waals surface area contributed by atoms with Crippen LogP contribution in [0.1, 0.15) is 5.56 Å². The highest BCUT2D eigenvalue weighted by Crippen LogP contribution is 2.24. The lowest BCUT2D eigenvalue weighted by Gasteiger charge is -2.08. The first-order valence-electron chi connectivity index (χ1n) is 6.09. The van der Waals surface area contributed by atoms with Crippen molar-refractivity contribution in [3.63, 3.8) is 0 Å². The number of hydrogen-bond donors (Lipinski definition) is 2. The van der Waals surface area contributed by atoms with E-state index >= 15 is 0 Å². The fourth-order valence-electron chi connectivity index (χ4n) is 1.68. The van der Waals surface area contributed by atoms with Crippen LogP contribution in [0.4, 0.5) is 11.4 Å². The molecule has 2 aromatic carbocycles. The average Bonchev–Trinajstić information content (AvgIpc) is 2.41. The van der Waals surface area contributed by atoms with E-state index in [1.54, 1.807) is 18.2 Å². The second-order valence-electron chi connectivity index (χ2n) is 4.38. The third-order valence-corrected chi connectivity index (χ3v) is 3.88. The second kappa shape index (κ2) is 6.68. The van der Waals surface area contributed by atoms with Crippen molar-refractivity contribution in [3.05, 3.63) is 53.1 Å². The molecule has 0 saturated heterocycles. The van der Waals surface area contributed by atoms with E-state index in [1.807, 2.05) is 31.2 Å². The van der Waals surface area contributed by atoms with Gasteiger partial charge >= 0.3 is 0 Å². The molecule has 0 atom stereocenters. The Kier molecular flexibility index (Phi) is 4.93. The fraction of sp³-hybridized carbons (Fsp3) is 0.133. The Morgan fingerprint density at radius 1 is 1.30 bits per heavy atom. The molecule has 0 aromatic heterocycles. The molecule has 2 aromatic rings. The number of nitrogens with one attached hydrogen (secondary N) is 1. The summed E-state index contributed by atoms with van der Waals surface area (Å²) in [7, 11) is 0. The van der Waals surface area contributed by atoms with Gasteiger partial charge in [0.1, 0.15) is 0 Å². The largest absolute Gasteiger partial charge is 0.397 e. The van der Waals surface area contributed by atoms with Gasteiger partial charge in [0, 0.05) is 9.92 Å². The number of benzene rings is 2. The van der Waals surface area contributed by atoms with Gasteiger partial charge in [0.15, 0.2) is 0 Å². The summed E-state index contributed by atoms with van der Waals surface area (Å²) in [5.74, 6) is 0.223. The van der Waals surface area contributed by atoms with Crippen molar-refractivity contribution in [1.29, 1.82) is 0 Å². The van der Waals surface area contributed by atoms with Crippen LogP contribution in [0.5, 0.6) is 0 Å². The number of halogens is 1. The first-order chi connectivity index (χ1) is 9.54. The Morgan fingerprint density at radius 2 is 2.10 bits per heavy atom. The third-order valence-electron chi connectivity index (χ3n) is 2.65. The third kappa shape index (κ3) is 4.18. The summed E-state index contributed by atoms with van der Waals surface area (Å²) in [5.41, 5.74) is 8.01. The molecular weight excluding hydrogens is 292 g/mol. The molecular formula is C15H15ClN2OS. The summed E-state index contributed by atoms with van der Waals surface area (Å²) in [6.45, 7) is 2.02. The number of amides is 1. The van der Waals surface area contributed by atoms with Gasteiger partial charge < -0.3 is 11.1 Å². The molecule has 0 aliphatic carbocycles. The number of carbonyl (C=O) groups is 1. The number of rotatable bonds is 4. The van der Waals surface area contributed by atoms with Gasteiger partial charge in [-0.1, -0.05) is 29.3 Å². The molecule has 0 saturated carbocycles. The van der Waals surface area contributed by atoms with Crippen molar-refractivity contribution >= 4 is 40.6 Å². The summed E-state index contributed by atoms with van der Waals surface area (Å²) in [5, 5.41) is 3.31. The molecule has 0 spiro atoms. The second-order valence-corrected chi connectivity index (χ2v) is 5.87. The number of aryl methyl sites for hydroxylation is 1. The summed E-state index contributed by atoms with van der Waals surface area (Å²) in [6, 6.07) is 13.0. The van der Waals surface area contributed by atoms with Crippen LogP contribution >= 0.6 is 23.4 Å². The minimum Gasteiger partial charge on any atom is -0.397 e. The number of carbonyl (C=O) groups excluding carboxylic acids is 1. The number of anilines is 2. The van der Waals surface area contributed by atoms with Gasteiger partial charge in [-0.05, 0) is 37.3 Å². The molecule has 0 aliphatic heterocycles. The molecule has 3 N–H and O–H groups in total. The van der Waals surface area contributed by atoms with Crippen LogP contribution in [0.3, 0.4) is 0 Å². The predicted molar refractivity (Wildman–Crippen MR) is 86.4 cm³/mol. The van der Waals surface area contributed by atoms with E-state index < -0.39 is 0 Å². The van der Waals surface area contributed by atoms with Crippen LogP contribution in [-0.4, -0.2) is 11.7 Å². The van der Waals surface area contributed by atoms with Crippen LogP contribution in [0.15, 0.2) is 47.4 Å². The Labute approximate surface area is 127 Å². The summed E-state index contributed by atoms with van der Waals surface area (Å²) < 4.78 is 0. The lowest BCUT2D eigenvalue weighted by atomic mass is 10.2. The molecule has 0 bridgehead atoms. The predicted octanol–water partition coefficient (Wildman–Crippen LogP) is 3.96. The number of nitrogen functional groups attached to an aromatic ring is 1. The van der Waals surface area contributed by atoms with E-state index in [2.05, 4.69) is 5.32 Å². The first kappa shape index (κ1) is 14.8. The van der Waals surface area contributed by atoms with Gasteiger partial charge in [0.2, 0.25) is 5.91 Å². The fourth-order valence-corrected chi connectivity index (χ4v) is 2.66. The zero-order valence-corrected chi connectivity index (χ0v) is 12.6. The SMILES string of the molecule is Cc1cccc(SCC(=O)Nc2cc(Cl)ccc2N)c1. The van der Waals surface area contributed by atoms with Crippen molar-refractivity contribution < 1.29 is 4.79 Å². The van der Waals surface area contributed by atoms with Crippen LogP contribution in [0, 0.1) is 6.92 Å². The Morgan fingerprint density at radius 3 is 2.85 bits per heavy atom. The minimum absolute atomic E-state index is 0.106. The van der Waals surface area contributed by atoms with Gasteiger partial charge in [-0.2, -0.15) is 0 Å². The van der Waals surface area contributed by atoms with Crippen molar-refractivity contribution in [2.24, 2.45) is 0 Å². The van der Waals surface area contributed by atoms with E-state index in [4.69, 9.17) is 17.3 Å². The zero-order chi connectivity index (χ0) is 14.5. The normalized spacial score (nSPS) is 10.3. The maximum absolute atomic E-state index is 11.9. The molecule has 0 heterocycles. The van der Waals surface area contributed by atoms with Gasteiger partial charge in [-0.3, -0.25) is 4.79 Å². The maximum atomic E-state index is 11.9. The van der Waals surface area contributed by atoms with Crippen molar-refractivity contribution in [2.45, 2.75) is 11.8 Å². The minimum atomic E-state index is -0.106. The first-order valence-corrected chi connectivity index (χ1v) is 7.45. The quantitative estimate of drug-likeness (QED) is 0.664. The van der Waals surface area contributed by atoms with Crippen LogP contribution < -0.4 is 11.1 Å². The lowest BCUT2D eigenvalue weighted by molar-refractivity contribution is -0.113. The Bertz CT molecular complexity index is 631. The van der Waals surface area contributed by atoms with Gasteiger partial charge in [-0.25, -0.2) is 0 Å². The summed E-state index contributed by atoms with van der Waals surface area (Å²) in [6.07, 6.45) is 0. The molecule has 0 unspecified atom stereocenters. The summed E-state index contributed by atoms with van der Waals surface area (Å²) in [4.78, 5) is 13.0. The number of hydrogen-bond acceptors (Lipinski definition) is 3. The molecule has 0 aliphatic rings. The Hall–Kier alpha value is -1.65. The van der Waals surface area contributed by atoms with Gasteiger partial charge in [-0.15, -0.1) is 11.8 Å². The summed E-state index contributed by atoms with van der Waals surface area (Å²) >= 11 is 7.36. The van der Waals surface area contributed by atoms with Gasteiger partial charge in [0.25, 0.3) is 0 Å². The standard InChI is InChI=1S/C15H15ClN2OS/c1-10-3-2-4-12(7-10)20-9-15(19)18-14-8-11(16)5-6-13(14)17/h2-8H,9,17H2,1H3,(H,18,19). The molecule has 104 valence electrons. The smallest absolute Gasteiger partial charge is 0.234 e. The van der Waals surface area contributed by atoms with Crippen molar-refractivity contribution in [2.75, 3.05) is 16.8 Å². The number of thioether (sulfide) groups is 1. The van der Waals surface area contributed by atoms with Crippen LogP contribution in [-0.2, 0) is 4.79 Å². The highest BCUT2D eigenvalue weighted by molar-refractivity contribution is 8.00.